The molecule has 34 heavy (non-hydrogen) atoms. The fourth-order valence-electron chi connectivity index (χ4n) is 3.80. The Morgan fingerprint density at radius 3 is 2.44 bits per heavy atom. The van der Waals surface area contributed by atoms with Gasteiger partial charge in [0.2, 0.25) is 0 Å². The van der Waals surface area contributed by atoms with Crippen LogP contribution in [0.4, 0.5) is 0 Å². The predicted molar refractivity (Wildman–Crippen MR) is 116 cm³/mol. The first kappa shape index (κ1) is 31.3. The smallest absolute Gasteiger partial charge is 0.333 e. The van der Waals surface area contributed by atoms with Gasteiger partial charge in [-0.05, 0) is 24.7 Å². The number of carbonyl (C=O) groups excluding carboxylic acids is 4. The standard InChI is InChI=1S/C23H36N2O8.Ac/c1-14(26)8-9-19(27)24-13-18-16(3)15(2)17(4)23(32-18)31-12-6-5-7-22(30)33-25-20(28)10-11-21(25)29;/h9,14-18,23,26H,1,5-8,10-13H2,2-4H3,(H,24,27);/q-2;. The molecule has 6 atom stereocenters. The van der Waals surface area contributed by atoms with Crippen LogP contribution in [0.25, 0.3) is 0 Å². The molecule has 0 saturated carbocycles. The molecule has 2 aliphatic rings. The number of ether oxygens (including phenoxy) is 2. The van der Waals surface area contributed by atoms with Crippen LogP contribution >= 0.6 is 0 Å². The molecule has 0 aliphatic carbocycles. The predicted octanol–water partition coefficient (Wildman–Crippen LogP) is 1.32. The number of aliphatic hydroxyl groups excluding tert-OH is 1. The molecule has 2 rings (SSSR count). The molecule has 2 N–H and O–H groups in total. The Bertz CT molecular complexity index is 688. The van der Waals surface area contributed by atoms with Crippen LogP contribution in [0, 0.1) is 75.2 Å². The summed E-state index contributed by atoms with van der Waals surface area (Å²) < 4.78 is 12.0. The van der Waals surface area contributed by atoms with E-state index in [4.69, 9.17) is 14.3 Å². The molecule has 0 bridgehead atoms. The van der Waals surface area contributed by atoms with Gasteiger partial charge in [0, 0.05) is 82.4 Å². The van der Waals surface area contributed by atoms with E-state index in [1.54, 1.807) is 0 Å². The number of rotatable bonds is 12. The monoisotopic (exact) mass is 695 g/mol. The van der Waals surface area contributed by atoms with Crippen molar-refractivity contribution in [2.75, 3.05) is 13.2 Å². The van der Waals surface area contributed by atoms with Crippen LogP contribution in [0.3, 0.4) is 0 Å². The minimum atomic E-state index is -0.814. The van der Waals surface area contributed by atoms with Crippen molar-refractivity contribution in [3.63, 3.8) is 0 Å². The molecule has 191 valence electrons. The summed E-state index contributed by atoms with van der Waals surface area (Å²) in [5.41, 5.74) is 0. The van der Waals surface area contributed by atoms with E-state index < -0.39 is 30.2 Å². The number of hydrogen-bond donors (Lipinski definition) is 2. The topological polar surface area (TPSA) is 131 Å². The summed E-state index contributed by atoms with van der Waals surface area (Å²) in [4.78, 5) is 51.5. The summed E-state index contributed by atoms with van der Waals surface area (Å²) in [7, 11) is 0. The Balaban J connectivity index is 0.00000578. The number of amides is 3. The number of hydroxylamine groups is 2. The molecule has 11 heteroatoms. The summed E-state index contributed by atoms with van der Waals surface area (Å²) in [6.07, 6.45) is 1.36. The Hall–Kier alpha value is -0.728. The Morgan fingerprint density at radius 2 is 1.82 bits per heavy atom. The van der Waals surface area contributed by atoms with Gasteiger partial charge in [0.15, 0.2) is 6.29 Å². The van der Waals surface area contributed by atoms with E-state index in [1.807, 2.05) is 0 Å². The molecule has 0 aromatic carbocycles. The maximum absolute atomic E-state index is 11.9. The van der Waals surface area contributed by atoms with Crippen molar-refractivity contribution in [2.45, 2.75) is 77.8 Å². The van der Waals surface area contributed by atoms with Crippen LogP contribution in [0.5, 0.6) is 0 Å². The van der Waals surface area contributed by atoms with Crippen molar-refractivity contribution in [1.29, 1.82) is 0 Å². The number of aliphatic hydroxyl groups is 1. The van der Waals surface area contributed by atoms with Gasteiger partial charge in [-0.15, -0.1) is 5.06 Å². The number of nitrogens with one attached hydrogen (secondary N) is 1. The number of imide groups is 1. The minimum Gasteiger partial charge on any atom is -0.428 e. The summed E-state index contributed by atoms with van der Waals surface area (Å²) >= 11 is 0. The number of unbranched alkanes of at least 4 members (excludes halogenated alkanes) is 1. The molecule has 0 aromatic rings. The molecule has 0 aromatic heterocycles. The molecule has 2 aliphatic heterocycles. The summed E-state index contributed by atoms with van der Waals surface area (Å²) in [5.74, 6) is -1.22. The molecule has 6 unspecified atom stereocenters. The maximum Gasteiger partial charge on any atom is 0.333 e. The zero-order chi connectivity index (χ0) is 24.5. The van der Waals surface area contributed by atoms with Gasteiger partial charge in [0.05, 0.1) is 12.0 Å². The first-order chi connectivity index (χ1) is 15.6. The van der Waals surface area contributed by atoms with Crippen LogP contribution in [0.1, 0.15) is 59.3 Å². The summed E-state index contributed by atoms with van der Waals surface area (Å²) in [5, 5.41) is 12.5. The zero-order valence-corrected chi connectivity index (χ0v) is 25.0. The third kappa shape index (κ3) is 9.73. The molecule has 2 saturated heterocycles. The van der Waals surface area contributed by atoms with Gasteiger partial charge in [-0.3, -0.25) is 9.59 Å². The molecule has 2 fully saturated rings. The second kappa shape index (κ2) is 15.4. The third-order valence-corrected chi connectivity index (χ3v) is 6.29. The first-order valence-electron chi connectivity index (χ1n) is 11.6. The van der Waals surface area contributed by atoms with Crippen molar-refractivity contribution in [3.05, 3.63) is 13.3 Å². The van der Waals surface area contributed by atoms with E-state index in [0.29, 0.717) is 37.0 Å². The third-order valence-electron chi connectivity index (χ3n) is 6.29. The van der Waals surface area contributed by atoms with Gasteiger partial charge in [-0.25, -0.2) is 4.79 Å². The van der Waals surface area contributed by atoms with E-state index in [9.17, 15) is 24.3 Å². The number of hydrogen-bond acceptors (Lipinski definition) is 8. The van der Waals surface area contributed by atoms with Crippen molar-refractivity contribution >= 4 is 23.7 Å². The van der Waals surface area contributed by atoms with Gasteiger partial charge in [0.25, 0.3) is 11.8 Å². The minimum absolute atomic E-state index is 0. The van der Waals surface area contributed by atoms with Gasteiger partial charge >= 0.3 is 5.97 Å². The number of carbonyl (C=O) groups is 4. The van der Waals surface area contributed by atoms with E-state index in [0.717, 1.165) is 0 Å². The quantitative estimate of drug-likeness (QED) is 0.178. The fourth-order valence-corrected chi connectivity index (χ4v) is 3.80. The average Bonchev–Trinajstić information content (AvgIpc) is 3.08. The van der Waals surface area contributed by atoms with Crippen LogP contribution in [-0.2, 0) is 33.5 Å². The zero-order valence-electron chi connectivity index (χ0n) is 20.2. The van der Waals surface area contributed by atoms with Crippen molar-refractivity contribution in [2.24, 2.45) is 17.8 Å². The van der Waals surface area contributed by atoms with E-state index >= 15 is 0 Å². The van der Waals surface area contributed by atoms with Crippen LogP contribution in [0.15, 0.2) is 0 Å². The molecular weight excluding hydrogens is 659 g/mol. The van der Waals surface area contributed by atoms with Gasteiger partial charge in [-0.2, -0.15) is 6.42 Å². The van der Waals surface area contributed by atoms with Crippen molar-refractivity contribution < 1.29 is 82.7 Å². The number of nitrogens with zero attached hydrogens (tertiary/aromatic N) is 1. The van der Waals surface area contributed by atoms with Crippen molar-refractivity contribution in [3.8, 4) is 0 Å². The molecule has 0 spiro atoms. The van der Waals surface area contributed by atoms with Crippen molar-refractivity contribution in [1.82, 2.24) is 10.4 Å². The summed E-state index contributed by atoms with van der Waals surface area (Å²) in [6, 6.07) is 0. The van der Waals surface area contributed by atoms with Gasteiger partial charge in [0.1, 0.15) is 0 Å². The second-order valence-electron chi connectivity index (χ2n) is 8.83. The van der Waals surface area contributed by atoms with Crippen LogP contribution < -0.4 is 5.32 Å². The first-order valence-corrected chi connectivity index (χ1v) is 11.6. The Kier molecular flexibility index (Phi) is 14.2. The van der Waals surface area contributed by atoms with E-state index in [2.05, 4.69) is 33.0 Å². The summed E-state index contributed by atoms with van der Waals surface area (Å²) in [6.45, 7) is 10.4. The molecule has 10 nitrogen and oxygen atoms in total. The largest absolute Gasteiger partial charge is 0.428 e. The van der Waals surface area contributed by atoms with Gasteiger partial charge < -0.3 is 42.9 Å². The van der Waals surface area contributed by atoms with E-state index in [1.165, 1.54) is 6.42 Å². The fraction of sp³-hybridized carbons (Fsp3) is 0.739. The Labute approximate surface area is 237 Å². The molecule has 2 heterocycles. The average molecular weight is 696 g/mol. The van der Waals surface area contributed by atoms with Gasteiger partial charge in [-0.1, -0.05) is 26.9 Å². The maximum atomic E-state index is 11.9. The van der Waals surface area contributed by atoms with Crippen LogP contribution in [-0.4, -0.2) is 65.5 Å². The Morgan fingerprint density at radius 1 is 1.18 bits per heavy atom. The van der Waals surface area contributed by atoms with E-state index in [-0.39, 0.29) is 93.6 Å². The van der Waals surface area contributed by atoms with Crippen LogP contribution in [0.2, 0.25) is 0 Å². The normalized spacial score (nSPS) is 27.7. The SMILES string of the molecule is [Ac].[CH2-]C(O)C[CH-]C(=O)NCC1OC(OCCCCC(=O)ON2C(=O)CCC2=O)C(C)C(C)C1C. The second-order valence-corrected chi connectivity index (χ2v) is 8.83. The molecule has 3 amide bonds. The molecule has 1 radical (unpaired) electrons. The molecular formula is C23H36AcN2O8-2.